The molecule has 1 atom stereocenters. The molecule has 0 saturated heterocycles. The van der Waals surface area contributed by atoms with Crippen LogP contribution in [0.2, 0.25) is 0 Å². The number of ether oxygens (including phenoxy) is 1. The summed E-state index contributed by atoms with van der Waals surface area (Å²) in [6, 6.07) is 13.7. The van der Waals surface area contributed by atoms with Crippen LogP contribution < -0.4 is 14.4 Å². The first kappa shape index (κ1) is 21.5. The summed E-state index contributed by atoms with van der Waals surface area (Å²) in [4.78, 5) is 12.6. The number of nitrogens with zero attached hydrogens (tertiary/aromatic N) is 1. The van der Waals surface area contributed by atoms with Crippen molar-refractivity contribution in [2.45, 2.75) is 25.7 Å². The van der Waals surface area contributed by atoms with Gasteiger partial charge in [0.25, 0.3) is 5.91 Å². The number of amides is 1. The summed E-state index contributed by atoms with van der Waals surface area (Å²) >= 11 is 1.73. The normalized spacial score (nSPS) is 16.1. The number of sulfonamides is 1. The summed E-state index contributed by atoms with van der Waals surface area (Å²) in [6.45, 7) is 4.41. The highest BCUT2D eigenvalue weighted by Crippen LogP contribution is 2.35. The van der Waals surface area contributed by atoms with Gasteiger partial charge in [0, 0.05) is 18.1 Å². The number of carbonyl (C=O) groups is 1. The van der Waals surface area contributed by atoms with Crippen molar-refractivity contribution in [1.29, 1.82) is 0 Å². The number of hydrogen-bond donors (Lipinski definition) is 1. The van der Waals surface area contributed by atoms with E-state index in [1.54, 1.807) is 23.9 Å². The predicted octanol–water partition coefficient (Wildman–Crippen LogP) is 2.88. The van der Waals surface area contributed by atoms with Crippen molar-refractivity contribution >= 4 is 33.4 Å². The Balaban J connectivity index is 1.54. The maximum Gasteiger partial charge on any atom is 0.263 e. The molecule has 1 unspecified atom stereocenters. The molecule has 2 aromatic rings. The van der Waals surface area contributed by atoms with Crippen LogP contribution in [-0.4, -0.2) is 45.5 Å². The topological polar surface area (TPSA) is 75.7 Å². The van der Waals surface area contributed by atoms with E-state index in [-0.39, 0.29) is 12.5 Å². The lowest BCUT2D eigenvalue weighted by atomic mass is 10.1. The Bertz CT molecular complexity index is 975. The molecule has 8 heteroatoms. The van der Waals surface area contributed by atoms with Gasteiger partial charge in [0.15, 0.2) is 6.10 Å². The first-order valence-electron chi connectivity index (χ1n) is 9.40. The summed E-state index contributed by atoms with van der Waals surface area (Å²) in [5, 5.41) is 2.86. The van der Waals surface area contributed by atoms with Gasteiger partial charge in [-0.3, -0.25) is 9.10 Å². The van der Waals surface area contributed by atoms with E-state index in [0.29, 0.717) is 18.0 Å². The Kier molecular flexibility index (Phi) is 6.74. The first-order valence-corrected chi connectivity index (χ1v) is 12.4. The van der Waals surface area contributed by atoms with E-state index in [1.165, 1.54) is 15.4 Å². The highest BCUT2D eigenvalue weighted by atomic mass is 32.2. The van der Waals surface area contributed by atoms with Crippen LogP contribution in [0.5, 0.6) is 5.75 Å². The first-order chi connectivity index (χ1) is 13.7. The van der Waals surface area contributed by atoms with Crippen LogP contribution in [0.15, 0.2) is 42.5 Å². The zero-order valence-electron chi connectivity index (χ0n) is 16.8. The zero-order valence-corrected chi connectivity index (χ0v) is 18.5. The van der Waals surface area contributed by atoms with Crippen molar-refractivity contribution in [3.05, 3.63) is 59.2 Å². The number of carbonyl (C=O) groups excluding carboxylic acids is 1. The molecule has 2 aromatic carbocycles. The standard InChI is InChI=1S/C21H26N2O4S2/c1-15-4-7-17(8-5-15)14-28-11-10-22-21(24)20-13-23(29(3,25)26)18-12-16(2)6-9-19(18)27-20/h4-9,12,20H,10-11,13-14H2,1-3H3,(H,22,24). The number of fused-ring (bicyclic) bond motifs is 1. The summed E-state index contributed by atoms with van der Waals surface area (Å²) in [7, 11) is -3.52. The second kappa shape index (κ2) is 9.09. The molecule has 1 aliphatic heterocycles. The lowest BCUT2D eigenvalue weighted by molar-refractivity contribution is -0.127. The minimum atomic E-state index is -3.52. The van der Waals surface area contributed by atoms with Crippen LogP contribution >= 0.6 is 11.8 Å². The van der Waals surface area contributed by atoms with E-state index in [9.17, 15) is 13.2 Å². The van der Waals surface area contributed by atoms with Crippen LogP contribution in [0.3, 0.4) is 0 Å². The zero-order chi connectivity index (χ0) is 21.0. The van der Waals surface area contributed by atoms with Crippen LogP contribution in [0.1, 0.15) is 16.7 Å². The van der Waals surface area contributed by atoms with Gasteiger partial charge < -0.3 is 10.1 Å². The fourth-order valence-corrected chi connectivity index (χ4v) is 4.77. The number of hydrogen-bond acceptors (Lipinski definition) is 5. The fourth-order valence-electron chi connectivity index (χ4n) is 3.05. The number of benzene rings is 2. The van der Waals surface area contributed by atoms with Gasteiger partial charge in [0.2, 0.25) is 10.0 Å². The highest BCUT2D eigenvalue weighted by molar-refractivity contribution is 7.98. The van der Waals surface area contributed by atoms with E-state index in [4.69, 9.17) is 4.74 Å². The maximum absolute atomic E-state index is 12.6. The SMILES string of the molecule is Cc1ccc(CSCCNC(=O)C2CN(S(C)(=O)=O)c3cc(C)ccc3O2)cc1. The minimum absolute atomic E-state index is 0.0301. The predicted molar refractivity (Wildman–Crippen MR) is 118 cm³/mol. The molecular weight excluding hydrogens is 408 g/mol. The van der Waals surface area contributed by atoms with E-state index in [2.05, 4.69) is 36.5 Å². The molecule has 0 fully saturated rings. The molecule has 156 valence electrons. The number of nitrogens with one attached hydrogen (secondary N) is 1. The second-order valence-corrected chi connectivity index (χ2v) is 10.2. The van der Waals surface area contributed by atoms with Crippen molar-refractivity contribution in [2.75, 3.05) is 29.4 Å². The average molecular weight is 435 g/mol. The largest absolute Gasteiger partial charge is 0.476 e. The van der Waals surface area contributed by atoms with E-state index >= 15 is 0 Å². The minimum Gasteiger partial charge on any atom is -0.476 e. The molecule has 1 amide bonds. The second-order valence-electron chi connectivity index (χ2n) is 7.20. The molecule has 0 bridgehead atoms. The lowest BCUT2D eigenvalue weighted by Crippen LogP contribution is -2.50. The molecular formula is C21H26N2O4S2. The van der Waals surface area contributed by atoms with Gasteiger partial charge >= 0.3 is 0 Å². The molecule has 6 nitrogen and oxygen atoms in total. The third-order valence-corrected chi connectivity index (χ3v) is 6.79. The molecule has 3 rings (SSSR count). The molecule has 0 saturated carbocycles. The van der Waals surface area contributed by atoms with E-state index in [1.807, 2.05) is 13.0 Å². The van der Waals surface area contributed by atoms with E-state index in [0.717, 1.165) is 23.3 Å². The fraction of sp³-hybridized carbons (Fsp3) is 0.381. The molecule has 29 heavy (non-hydrogen) atoms. The lowest BCUT2D eigenvalue weighted by Gasteiger charge is -2.34. The van der Waals surface area contributed by atoms with Crippen molar-refractivity contribution in [3.8, 4) is 5.75 Å². The van der Waals surface area contributed by atoms with Crippen molar-refractivity contribution in [2.24, 2.45) is 0 Å². The summed E-state index contributed by atoms with van der Waals surface area (Å²) in [5.74, 6) is 1.74. The highest BCUT2D eigenvalue weighted by Gasteiger charge is 2.34. The monoisotopic (exact) mass is 434 g/mol. The van der Waals surface area contributed by atoms with Gasteiger partial charge in [-0.2, -0.15) is 11.8 Å². The molecule has 0 aliphatic carbocycles. The average Bonchev–Trinajstić information content (AvgIpc) is 2.67. The Labute approximate surface area is 176 Å². The third-order valence-electron chi connectivity index (χ3n) is 4.61. The Morgan fingerprint density at radius 2 is 1.86 bits per heavy atom. The Morgan fingerprint density at radius 1 is 1.17 bits per heavy atom. The van der Waals surface area contributed by atoms with Crippen molar-refractivity contribution < 1.29 is 17.9 Å². The quantitative estimate of drug-likeness (QED) is 0.678. The summed E-state index contributed by atoms with van der Waals surface area (Å²) < 4.78 is 31.5. The Morgan fingerprint density at radius 3 is 2.55 bits per heavy atom. The van der Waals surface area contributed by atoms with Gasteiger partial charge in [-0.1, -0.05) is 35.9 Å². The number of rotatable bonds is 7. The molecule has 1 aliphatic rings. The van der Waals surface area contributed by atoms with Crippen LogP contribution in [0.4, 0.5) is 5.69 Å². The number of thioether (sulfide) groups is 1. The molecule has 0 radical (unpaired) electrons. The molecule has 1 N–H and O–H groups in total. The van der Waals surface area contributed by atoms with Gasteiger partial charge in [-0.15, -0.1) is 0 Å². The summed E-state index contributed by atoms with van der Waals surface area (Å²) in [6.07, 6.45) is 0.267. The molecule has 1 heterocycles. The number of aryl methyl sites for hydroxylation is 2. The third kappa shape index (κ3) is 5.67. The van der Waals surface area contributed by atoms with Crippen molar-refractivity contribution in [1.82, 2.24) is 5.32 Å². The smallest absolute Gasteiger partial charge is 0.263 e. The van der Waals surface area contributed by atoms with Gasteiger partial charge in [0.1, 0.15) is 5.75 Å². The summed E-state index contributed by atoms with van der Waals surface area (Å²) in [5.41, 5.74) is 3.89. The van der Waals surface area contributed by atoms with Crippen LogP contribution in [0.25, 0.3) is 0 Å². The molecule has 0 aromatic heterocycles. The number of anilines is 1. The van der Waals surface area contributed by atoms with Gasteiger partial charge in [-0.25, -0.2) is 8.42 Å². The van der Waals surface area contributed by atoms with Crippen molar-refractivity contribution in [3.63, 3.8) is 0 Å². The van der Waals surface area contributed by atoms with Crippen LogP contribution in [0, 0.1) is 13.8 Å². The molecule has 0 spiro atoms. The van der Waals surface area contributed by atoms with Gasteiger partial charge in [-0.05, 0) is 37.1 Å². The van der Waals surface area contributed by atoms with E-state index < -0.39 is 16.1 Å². The van der Waals surface area contributed by atoms with Gasteiger partial charge in [0.05, 0.1) is 18.5 Å². The van der Waals surface area contributed by atoms with Crippen LogP contribution in [-0.2, 0) is 20.6 Å². The maximum atomic E-state index is 12.6. The Hall–Kier alpha value is -2.19.